The average Bonchev–Trinajstić information content (AvgIpc) is 2.37. The van der Waals surface area contributed by atoms with Crippen molar-refractivity contribution in [2.45, 2.75) is 26.1 Å². The number of nitrogens with zero attached hydrogens (tertiary/aromatic N) is 2. The van der Waals surface area contributed by atoms with E-state index in [1.807, 2.05) is 18.7 Å². The summed E-state index contributed by atoms with van der Waals surface area (Å²) >= 11 is 0. The molecule has 1 aromatic rings. The van der Waals surface area contributed by atoms with Crippen LogP contribution in [0.2, 0.25) is 0 Å². The molecule has 6 nitrogen and oxygen atoms in total. The second-order valence-electron chi connectivity index (χ2n) is 4.75. The highest BCUT2D eigenvalue weighted by molar-refractivity contribution is 5.97. The fourth-order valence-electron chi connectivity index (χ4n) is 2.35. The molecule has 1 aliphatic rings. The topological polar surface area (TPSA) is 77.7 Å². The van der Waals surface area contributed by atoms with Gasteiger partial charge in [-0.05, 0) is 19.9 Å². The molecular weight excluding hydrogens is 246 g/mol. The molecule has 2 atom stereocenters. The van der Waals surface area contributed by atoms with Crippen molar-refractivity contribution >= 4 is 17.5 Å². The van der Waals surface area contributed by atoms with Crippen LogP contribution in [0.25, 0.3) is 0 Å². The number of morpholine rings is 1. The zero-order valence-electron chi connectivity index (χ0n) is 11.4. The minimum absolute atomic E-state index is 0.103. The molecule has 6 heteroatoms. The van der Waals surface area contributed by atoms with Crippen molar-refractivity contribution in [3.05, 3.63) is 17.8 Å². The summed E-state index contributed by atoms with van der Waals surface area (Å²) in [5, 5.41) is 0. The first-order valence-electron chi connectivity index (χ1n) is 6.26. The lowest BCUT2D eigenvalue weighted by atomic mass is 10.1. The number of methoxy groups -OCH3 is 1. The predicted octanol–water partition coefficient (Wildman–Crippen LogP) is 1.06. The molecule has 0 saturated carbocycles. The lowest BCUT2D eigenvalue weighted by Gasteiger charge is -2.36. The summed E-state index contributed by atoms with van der Waals surface area (Å²) in [6, 6.07) is 1.57. The number of anilines is 2. The molecule has 2 rings (SSSR count). The van der Waals surface area contributed by atoms with Gasteiger partial charge in [-0.1, -0.05) is 0 Å². The standard InChI is InChI=1S/C13H19N3O3/c1-8-6-16(7-9(2)19-8)12-11(14)10(4-5-15-12)13(17)18-3/h4-5,8-9H,6-7,14H2,1-3H3/t8-,9+. The maximum atomic E-state index is 11.6. The predicted molar refractivity (Wildman–Crippen MR) is 72.2 cm³/mol. The van der Waals surface area contributed by atoms with Crippen LogP contribution in [0.15, 0.2) is 12.3 Å². The van der Waals surface area contributed by atoms with Crippen LogP contribution in [-0.2, 0) is 9.47 Å². The fourth-order valence-corrected chi connectivity index (χ4v) is 2.35. The smallest absolute Gasteiger partial charge is 0.340 e. The van der Waals surface area contributed by atoms with Crippen molar-refractivity contribution in [1.29, 1.82) is 0 Å². The van der Waals surface area contributed by atoms with Gasteiger partial charge >= 0.3 is 5.97 Å². The Kier molecular flexibility index (Phi) is 3.90. The largest absolute Gasteiger partial charge is 0.465 e. The highest BCUT2D eigenvalue weighted by atomic mass is 16.5. The average molecular weight is 265 g/mol. The molecule has 2 N–H and O–H groups in total. The number of rotatable bonds is 2. The number of nitrogen functional groups attached to an aromatic ring is 1. The van der Waals surface area contributed by atoms with Crippen LogP contribution in [0.5, 0.6) is 0 Å². The monoisotopic (exact) mass is 265 g/mol. The summed E-state index contributed by atoms with van der Waals surface area (Å²) in [7, 11) is 1.33. The van der Waals surface area contributed by atoms with Crippen LogP contribution >= 0.6 is 0 Å². The molecule has 0 aliphatic carbocycles. The van der Waals surface area contributed by atoms with Crippen molar-refractivity contribution < 1.29 is 14.3 Å². The highest BCUT2D eigenvalue weighted by Gasteiger charge is 2.26. The van der Waals surface area contributed by atoms with Crippen molar-refractivity contribution in [3.63, 3.8) is 0 Å². The second kappa shape index (κ2) is 5.44. The molecule has 0 spiro atoms. The highest BCUT2D eigenvalue weighted by Crippen LogP contribution is 2.27. The van der Waals surface area contributed by atoms with Gasteiger partial charge in [-0.2, -0.15) is 0 Å². The normalized spacial score (nSPS) is 23.2. The zero-order chi connectivity index (χ0) is 14.0. The van der Waals surface area contributed by atoms with E-state index < -0.39 is 5.97 Å². The maximum Gasteiger partial charge on any atom is 0.340 e. The summed E-state index contributed by atoms with van der Waals surface area (Å²) in [5.74, 6) is 0.167. The molecule has 0 bridgehead atoms. The van der Waals surface area contributed by atoms with Gasteiger partial charge in [0.05, 0.1) is 30.6 Å². The van der Waals surface area contributed by atoms with Gasteiger partial charge in [0.25, 0.3) is 0 Å². The van der Waals surface area contributed by atoms with Crippen molar-refractivity contribution in [3.8, 4) is 0 Å². The van der Waals surface area contributed by atoms with Crippen molar-refractivity contribution in [1.82, 2.24) is 4.98 Å². The molecule has 0 radical (unpaired) electrons. The Bertz CT molecular complexity index is 468. The van der Waals surface area contributed by atoms with Crippen LogP contribution in [0.4, 0.5) is 11.5 Å². The quantitative estimate of drug-likeness (QED) is 0.806. The number of ether oxygens (including phenoxy) is 2. The van der Waals surface area contributed by atoms with E-state index in [9.17, 15) is 4.79 Å². The van der Waals surface area contributed by atoms with Gasteiger partial charge in [0, 0.05) is 19.3 Å². The molecule has 1 saturated heterocycles. The number of nitrogens with two attached hydrogens (primary N) is 1. The molecule has 1 aliphatic heterocycles. The molecule has 2 heterocycles. The number of pyridine rings is 1. The van der Waals surface area contributed by atoms with E-state index in [0.29, 0.717) is 30.2 Å². The number of hydrogen-bond donors (Lipinski definition) is 1. The first-order chi connectivity index (χ1) is 9.02. The third-order valence-electron chi connectivity index (χ3n) is 3.09. The van der Waals surface area contributed by atoms with Crippen LogP contribution in [0.1, 0.15) is 24.2 Å². The van der Waals surface area contributed by atoms with E-state index in [1.165, 1.54) is 7.11 Å². The van der Waals surface area contributed by atoms with E-state index in [0.717, 1.165) is 0 Å². The Morgan fingerprint density at radius 1 is 1.47 bits per heavy atom. The molecular formula is C13H19N3O3. The molecule has 1 aromatic heterocycles. The maximum absolute atomic E-state index is 11.6. The summed E-state index contributed by atoms with van der Waals surface area (Å²) in [6.45, 7) is 5.41. The van der Waals surface area contributed by atoms with Gasteiger partial charge in [0.2, 0.25) is 0 Å². The van der Waals surface area contributed by atoms with Crippen LogP contribution in [-0.4, -0.2) is 43.4 Å². The molecule has 0 aromatic carbocycles. The van der Waals surface area contributed by atoms with E-state index in [1.54, 1.807) is 12.3 Å². The van der Waals surface area contributed by atoms with Crippen LogP contribution in [0, 0.1) is 0 Å². The number of esters is 1. The lowest BCUT2D eigenvalue weighted by molar-refractivity contribution is -0.00541. The first-order valence-corrected chi connectivity index (χ1v) is 6.26. The van der Waals surface area contributed by atoms with E-state index >= 15 is 0 Å². The van der Waals surface area contributed by atoms with Gasteiger partial charge in [-0.15, -0.1) is 0 Å². The van der Waals surface area contributed by atoms with E-state index in [2.05, 4.69) is 4.98 Å². The minimum Gasteiger partial charge on any atom is -0.465 e. The van der Waals surface area contributed by atoms with Gasteiger partial charge in [-0.25, -0.2) is 9.78 Å². The number of hydrogen-bond acceptors (Lipinski definition) is 6. The Balaban J connectivity index is 2.32. The summed E-state index contributed by atoms with van der Waals surface area (Å²) in [5.41, 5.74) is 6.74. The number of aromatic nitrogens is 1. The van der Waals surface area contributed by atoms with Crippen LogP contribution < -0.4 is 10.6 Å². The Labute approximate surface area is 112 Å². The van der Waals surface area contributed by atoms with Crippen molar-refractivity contribution in [2.75, 3.05) is 30.8 Å². The molecule has 0 amide bonds. The Morgan fingerprint density at radius 3 is 2.68 bits per heavy atom. The summed E-state index contributed by atoms with van der Waals surface area (Å²) in [4.78, 5) is 18.0. The molecule has 19 heavy (non-hydrogen) atoms. The van der Waals surface area contributed by atoms with E-state index in [-0.39, 0.29) is 12.2 Å². The van der Waals surface area contributed by atoms with Gasteiger partial charge in [0.1, 0.15) is 0 Å². The number of carbonyl (C=O) groups excluding carboxylic acids is 1. The van der Waals surface area contributed by atoms with Crippen LogP contribution in [0.3, 0.4) is 0 Å². The number of carbonyl (C=O) groups is 1. The van der Waals surface area contributed by atoms with Gasteiger partial charge < -0.3 is 20.1 Å². The first kappa shape index (κ1) is 13.6. The fraction of sp³-hybridized carbons (Fsp3) is 0.538. The molecule has 0 unspecified atom stereocenters. The van der Waals surface area contributed by atoms with Gasteiger partial charge in [0.15, 0.2) is 5.82 Å². The lowest BCUT2D eigenvalue weighted by Crippen LogP contribution is -2.46. The molecule has 104 valence electrons. The van der Waals surface area contributed by atoms with E-state index in [4.69, 9.17) is 15.2 Å². The Morgan fingerprint density at radius 2 is 2.11 bits per heavy atom. The zero-order valence-corrected chi connectivity index (χ0v) is 11.4. The third-order valence-corrected chi connectivity index (χ3v) is 3.09. The van der Waals surface area contributed by atoms with Crippen molar-refractivity contribution in [2.24, 2.45) is 0 Å². The minimum atomic E-state index is -0.449. The summed E-state index contributed by atoms with van der Waals surface area (Å²) in [6.07, 6.45) is 1.78. The second-order valence-corrected chi connectivity index (χ2v) is 4.75. The Hall–Kier alpha value is -1.82. The SMILES string of the molecule is COC(=O)c1ccnc(N2C[C@@H](C)O[C@@H](C)C2)c1N. The molecule has 1 fully saturated rings. The third kappa shape index (κ3) is 2.78. The van der Waals surface area contributed by atoms with Gasteiger partial charge in [-0.3, -0.25) is 0 Å². The summed E-state index contributed by atoms with van der Waals surface area (Å²) < 4.78 is 10.4.